The van der Waals surface area contributed by atoms with Gasteiger partial charge in [0.05, 0.1) is 6.21 Å². The molecule has 0 fully saturated rings. The molecule has 4 rings (SSSR count). The van der Waals surface area contributed by atoms with Gasteiger partial charge in [-0.15, -0.1) is 0 Å². The summed E-state index contributed by atoms with van der Waals surface area (Å²) in [5.74, 6) is 0.967. The Labute approximate surface area is 194 Å². The summed E-state index contributed by atoms with van der Waals surface area (Å²) in [7, 11) is 0. The Balaban J connectivity index is 1.30. The molecule has 0 unspecified atom stereocenters. The third-order valence-electron chi connectivity index (χ3n) is 4.69. The Kier molecular flexibility index (Phi) is 7.15. The van der Waals surface area contributed by atoms with Crippen LogP contribution < -0.4 is 14.9 Å². The van der Waals surface area contributed by atoms with E-state index >= 15 is 0 Å². The number of para-hydroxylation sites is 1. The molecular weight excluding hydrogens is 468 g/mol. The van der Waals surface area contributed by atoms with E-state index in [0.29, 0.717) is 18.1 Å². The number of hydrogen-bond acceptors (Lipinski definition) is 4. The van der Waals surface area contributed by atoms with E-state index in [2.05, 4.69) is 26.5 Å². The number of hydrazone groups is 1. The molecule has 0 saturated carbocycles. The number of halogens is 1. The molecule has 0 atom stereocenters. The molecule has 1 N–H and O–H groups in total. The van der Waals surface area contributed by atoms with Crippen molar-refractivity contribution in [1.29, 1.82) is 0 Å². The number of rotatable bonds is 8. The lowest BCUT2D eigenvalue weighted by Gasteiger charge is -2.09. The molecule has 0 heterocycles. The summed E-state index contributed by atoms with van der Waals surface area (Å²) < 4.78 is 12.5. The first kappa shape index (κ1) is 21.6. The number of hydrogen-bond donors (Lipinski definition) is 1. The van der Waals surface area contributed by atoms with E-state index in [1.165, 1.54) is 0 Å². The van der Waals surface area contributed by atoms with Crippen LogP contribution in [0.25, 0.3) is 10.8 Å². The van der Waals surface area contributed by atoms with Crippen LogP contribution in [0.5, 0.6) is 11.5 Å². The fraction of sp³-hybridized carbons (Fsp3) is 0.0769. The van der Waals surface area contributed by atoms with E-state index in [9.17, 15) is 4.79 Å². The van der Waals surface area contributed by atoms with Gasteiger partial charge in [0.1, 0.15) is 18.1 Å². The third-order valence-corrected chi connectivity index (χ3v) is 5.18. The first-order valence-electron chi connectivity index (χ1n) is 10.1. The highest BCUT2D eigenvalue weighted by molar-refractivity contribution is 9.10. The Morgan fingerprint density at radius 1 is 0.875 bits per heavy atom. The van der Waals surface area contributed by atoms with Crippen molar-refractivity contribution >= 4 is 38.8 Å². The minimum atomic E-state index is -0.345. The van der Waals surface area contributed by atoms with Gasteiger partial charge in [0.15, 0.2) is 6.61 Å². The highest BCUT2D eigenvalue weighted by Crippen LogP contribution is 2.21. The van der Waals surface area contributed by atoms with Crippen LogP contribution in [-0.2, 0) is 11.4 Å². The molecule has 0 aliphatic heterocycles. The number of nitrogens with one attached hydrogen (secondary N) is 1. The van der Waals surface area contributed by atoms with Crippen LogP contribution in [0.2, 0.25) is 0 Å². The quantitative estimate of drug-likeness (QED) is 0.255. The summed E-state index contributed by atoms with van der Waals surface area (Å²) in [4.78, 5) is 12.1. The maximum Gasteiger partial charge on any atom is 0.277 e. The van der Waals surface area contributed by atoms with Crippen LogP contribution in [0.15, 0.2) is 101 Å². The molecule has 0 bridgehead atoms. The number of benzene rings is 4. The number of nitrogens with zero attached hydrogens (tertiary/aromatic N) is 1. The first-order chi connectivity index (χ1) is 15.7. The largest absolute Gasteiger partial charge is 0.488 e. The number of amides is 1. The summed E-state index contributed by atoms with van der Waals surface area (Å²) in [5, 5.41) is 6.22. The molecule has 4 aromatic carbocycles. The smallest absolute Gasteiger partial charge is 0.277 e. The topological polar surface area (TPSA) is 59.9 Å². The van der Waals surface area contributed by atoms with E-state index in [-0.39, 0.29) is 12.5 Å². The number of ether oxygens (including phenoxy) is 2. The van der Waals surface area contributed by atoms with Crippen molar-refractivity contribution in [3.63, 3.8) is 0 Å². The Morgan fingerprint density at radius 2 is 1.69 bits per heavy atom. The zero-order chi connectivity index (χ0) is 22.2. The van der Waals surface area contributed by atoms with Crippen molar-refractivity contribution in [3.8, 4) is 11.5 Å². The standard InChI is InChI=1S/C26H21BrN2O3/c27-23-10-5-6-19(14-23)17-32-25-11-4-3-9-22(25)16-28-29-26(30)18-31-24-13-12-20-7-1-2-8-21(20)15-24/h1-16H,17-18H2,(H,29,30). The summed E-state index contributed by atoms with van der Waals surface area (Å²) >= 11 is 3.46. The highest BCUT2D eigenvalue weighted by Gasteiger charge is 2.04. The van der Waals surface area contributed by atoms with E-state index < -0.39 is 0 Å². The van der Waals surface area contributed by atoms with Crippen molar-refractivity contribution in [2.75, 3.05) is 6.61 Å². The van der Waals surface area contributed by atoms with Crippen LogP contribution in [0, 0.1) is 0 Å². The Bertz CT molecular complexity index is 1260. The fourth-order valence-electron chi connectivity index (χ4n) is 3.12. The molecule has 5 nitrogen and oxygen atoms in total. The average Bonchev–Trinajstić information content (AvgIpc) is 2.82. The lowest BCUT2D eigenvalue weighted by Crippen LogP contribution is -2.24. The molecule has 0 aliphatic rings. The van der Waals surface area contributed by atoms with Gasteiger partial charge in [-0.3, -0.25) is 4.79 Å². The minimum Gasteiger partial charge on any atom is -0.488 e. The van der Waals surface area contributed by atoms with E-state index in [4.69, 9.17) is 9.47 Å². The molecule has 4 aromatic rings. The maximum atomic E-state index is 12.1. The SMILES string of the molecule is O=C(COc1ccc2ccccc2c1)NN=Cc1ccccc1OCc1cccc(Br)c1. The number of fused-ring (bicyclic) bond motifs is 1. The second-order valence-corrected chi connectivity index (χ2v) is 7.96. The molecule has 0 saturated heterocycles. The molecule has 1 amide bonds. The van der Waals surface area contributed by atoms with Crippen LogP contribution in [0.4, 0.5) is 0 Å². The first-order valence-corrected chi connectivity index (χ1v) is 10.9. The molecular formula is C26H21BrN2O3. The minimum absolute atomic E-state index is 0.128. The second kappa shape index (κ2) is 10.6. The molecule has 6 heteroatoms. The second-order valence-electron chi connectivity index (χ2n) is 7.05. The third kappa shape index (κ3) is 5.95. The van der Waals surface area contributed by atoms with E-state index in [0.717, 1.165) is 26.4 Å². The van der Waals surface area contributed by atoms with Gasteiger partial charge in [-0.1, -0.05) is 70.5 Å². The zero-order valence-electron chi connectivity index (χ0n) is 17.2. The summed E-state index contributed by atoms with van der Waals surface area (Å²) in [6.45, 7) is 0.299. The molecule has 0 spiro atoms. The highest BCUT2D eigenvalue weighted by atomic mass is 79.9. The molecule has 160 valence electrons. The summed E-state index contributed by atoms with van der Waals surface area (Å²) in [6, 6.07) is 29.2. The Morgan fingerprint density at radius 3 is 2.56 bits per heavy atom. The number of carbonyl (C=O) groups excluding carboxylic acids is 1. The van der Waals surface area contributed by atoms with E-state index in [1.54, 1.807) is 6.21 Å². The summed E-state index contributed by atoms with van der Waals surface area (Å²) in [6.07, 6.45) is 1.56. The van der Waals surface area contributed by atoms with Gasteiger partial charge in [0.2, 0.25) is 0 Å². The lowest BCUT2D eigenvalue weighted by molar-refractivity contribution is -0.123. The predicted molar refractivity (Wildman–Crippen MR) is 130 cm³/mol. The van der Waals surface area contributed by atoms with Gasteiger partial charge in [-0.25, -0.2) is 5.43 Å². The van der Waals surface area contributed by atoms with Crippen LogP contribution in [-0.4, -0.2) is 18.7 Å². The molecule has 32 heavy (non-hydrogen) atoms. The Hall–Kier alpha value is -3.64. The van der Waals surface area contributed by atoms with Gasteiger partial charge >= 0.3 is 0 Å². The van der Waals surface area contributed by atoms with Crippen LogP contribution in [0.3, 0.4) is 0 Å². The van der Waals surface area contributed by atoms with Gasteiger partial charge < -0.3 is 9.47 Å². The van der Waals surface area contributed by atoms with Crippen molar-refractivity contribution in [3.05, 3.63) is 107 Å². The molecule has 0 aliphatic carbocycles. The van der Waals surface area contributed by atoms with Gasteiger partial charge in [0, 0.05) is 10.0 Å². The van der Waals surface area contributed by atoms with Gasteiger partial charge in [0.25, 0.3) is 5.91 Å². The lowest BCUT2D eigenvalue weighted by atomic mass is 10.1. The molecule has 0 radical (unpaired) electrons. The maximum absolute atomic E-state index is 12.1. The van der Waals surface area contributed by atoms with Crippen molar-refractivity contribution in [2.24, 2.45) is 5.10 Å². The zero-order valence-corrected chi connectivity index (χ0v) is 18.8. The van der Waals surface area contributed by atoms with Gasteiger partial charge in [-0.05, 0) is 52.7 Å². The number of carbonyl (C=O) groups is 1. The van der Waals surface area contributed by atoms with Gasteiger partial charge in [-0.2, -0.15) is 5.10 Å². The predicted octanol–water partition coefficient (Wildman–Crippen LogP) is 5.71. The van der Waals surface area contributed by atoms with Crippen LogP contribution >= 0.6 is 15.9 Å². The monoisotopic (exact) mass is 488 g/mol. The normalized spacial score (nSPS) is 10.9. The van der Waals surface area contributed by atoms with Crippen molar-refractivity contribution in [1.82, 2.24) is 5.43 Å². The summed E-state index contributed by atoms with van der Waals surface area (Å²) in [5.41, 5.74) is 4.30. The van der Waals surface area contributed by atoms with Crippen molar-refractivity contribution in [2.45, 2.75) is 6.61 Å². The van der Waals surface area contributed by atoms with E-state index in [1.807, 2.05) is 91.0 Å². The molecule has 0 aromatic heterocycles. The average molecular weight is 489 g/mol. The van der Waals surface area contributed by atoms with Crippen molar-refractivity contribution < 1.29 is 14.3 Å². The van der Waals surface area contributed by atoms with Crippen LogP contribution in [0.1, 0.15) is 11.1 Å². The fourth-order valence-corrected chi connectivity index (χ4v) is 3.57.